The van der Waals surface area contributed by atoms with Crippen molar-refractivity contribution in [3.63, 3.8) is 0 Å². The number of aromatic amines is 1. The minimum atomic E-state index is -2.80. The van der Waals surface area contributed by atoms with Gasteiger partial charge in [-0.05, 0) is 57.1 Å². The van der Waals surface area contributed by atoms with Gasteiger partial charge in [-0.1, -0.05) is 90.8 Å². The average Bonchev–Trinajstić information content (AvgIpc) is 1.81. The predicted octanol–water partition coefficient (Wildman–Crippen LogP) is -5.94. The number of fused-ring (bicyclic) bond motifs is 1. The van der Waals surface area contributed by atoms with E-state index in [-0.39, 0.29) is 19.3 Å². The first-order valence-corrected chi connectivity index (χ1v) is 36.3. The summed E-state index contributed by atoms with van der Waals surface area (Å²) in [5.41, 5.74) is 12.1. The molecule has 15 amide bonds. The van der Waals surface area contributed by atoms with Gasteiger partial charge >= 0.3 is 29.8 Å². The second-order valence-electron chi connectivity index (χ2n) is 27.3. The number of H-pyrrole nitrogens is 1. The minimum Gasteiger partial charge on any atom is -0.481 e. The molecule has 43 nitrogen and oxygen atoms in total. The normalized spacial score (nSPS) is 22.4. The largest absolute Gasteiger partial charge is 0.481 e. The number of cyclic esters (lactones) is 1. The molecule has 1 saturated heterocycles. The fraction of sp³-hybridized carbons (Fsp3) is 0.600. The van der Waals surface area contributed by atoms with Crippen molar-refractivity contribution >= 4 is 129 Å². The number of carbonyl (C=O) groups excluding carboxylic acids is 16. The number of methoxy groups -OCH3 is 1. The van der Waals surface area contributed by atoms with E-state index in [1.807, 2.05) is 16.0 Å². The van der Waals surface area contributed by atoms with Crippen LogP contribution in [0.5, 0.6) is 0 Å². The molecule has 0 bridgehead atoms. The van der Waals surface area contributed by atoms with Crippen LogP contribution in [0, 0.1) is 11.8 Å². The number of unbranched alkanes of at least 4 members (excludes halogenated alkanes) is 6. The third-order valence-corrected chi connectivity index (χ3v) is 18.1. The Morgan fingerprint density at radius 1 is 0.619 bits per heavy atom. The number of aliphatic hydroxyl groups is 1. The number of hydrogen-bond donors (Lipinski definition) is 20. The Bertz CT molecular complexity index is 3800. The van der Waals surface area contributed by atoms with Crippen LogP contribution in [0.2, 0.25) is 0 Å². The van der Waals surface area contributed by atoms with E-state index in [0.29, 0.717) is 34.2 Å². The first kappa shape index (κ1) is 95.3. The zero-order chi connectivity index (χ0) is 85.3. The highest BCUT2D eigenvalue weighted by atomic mass is 16.5. The summed E-state index contributed by atoms with van der Waals surface area (Å²) in [5, 5.41) is 77.6. The smallest absolute Gasteiger partial charge is 0.335 e. The number of nitrogens with two attached hydrogens (primary N) is 2. The van der Waals surface area contributed by atoms with Gasteiger partial charge in [-0.3, -0.25) is 86.3 Å². The summed E-state index contributed by atoms with van der Waals surface area (Å²) in [6.07, 6.45) is -4.74. The van der Waals surface area contributed by atoms with Gasteiger partial charge in [0, 0.05) is 50.5 Å². The number of rotatable bonds is 34. The monoisotopic (exact) mass is 1600 g/mol. The van der Waals surface area contributed by atoms with E-state index in [9.17, 15) is 121 Å². The number of amides is 15. The third kappa shape index (κ3) is 31.4. The molecule has 1 aliphatic rings. The summed E-state index contributed by atoms with van der Waals surface area (Å²) in [7, 11) is 1.69. The van der Waals surface area contributed by atoms with Crippen LogP contribution < -0.4 is 75.3 Å². The summed E-state index contributed by atoms with van der Waals surface area (Å²) in [6.45, 7) is 6.61. The Balaban J connectivity index is 2.26. The molecule has 113 heavy (non-hydrogen) atoms. The van der Waals surface area contributed by atoms with Crippen molar-refractivity contribution in [2.75, 3.05) is 27.2 Å². The highest BCUT2D eigenvalue weighted by Gasteiger charge is 2.44. The number of carboxylic acid groups (broad SMARTS) is 4. The molecule has 0 aliphatic carbocycles. The predicted molar refractivity (Wildman–Crippen MR) is 391 cm³/mol. The van der Waals surface area contributed by atoms with Gasteiger partial charge in [0.2, 0.25) is 88.6 Å². The number of aliphatic hydroxyl groups excluding tert-OH is 1. The first-order chi connectivity index (χ1) is 53.0. The molecule has 16 unspecified atom stereocenters. The zero-order valence-corrected chi connectivity index (χ0v) is 64.0. The second kappa shape index (κ2) is 46.7. The summed E-state index contributed by atoms with van der Waals surface area (Å²) in [4.78, 5) is 275. The van der Waals surface area contributed by atoms with Gasteiger partial charge < -0.3 is 120 Å². The molecule has 1 aromatic carbocycles. The Hall–Kier alpha value is -11.9. The fourth-order valence-electron chi connectivity index (χ4n) is 11.5. The number of para-hydroxylation sites is 1. The number of carboxylic acids is 4. The molecule has 1 fully saturated rings. The Morgan fingerprint density at radius 2 is 1.20 bits per heavy atom. The molecule has 2 aromatic rings. The van der Waals surface area contributed by atoms with E-state index in [1.165, 1.54) is 13.8 Å². The highest BCUT2D eigenvalue weighted by molar-refractivity contribution is 6.02. The molecular weight excluding hydrogens is 1500 g/mol. The van der Waals surface area contributed by atoms with Crippen LogP contribution >= 0.6 is 0 Å². The number of aliphatic carboxylic acids is 4. The summed E-state index contributed by atoms with van der Waals surface area (Å²) >= 11 is 0. The number of nitrogens with zero attached hydrogens (tertiary/aromatic N) is 1. The molecule has 22 N–H and O–H groups in total. The van der Waals surface area contributed by atoms with Crippen molar-refractivity contribution in [1.29, 1.82) is 0 Å². The summed E-state index contributed by atoms with van der Waals surface area (Å²) < 4.78 is 10.7. The molecule has 16 atom stereocenters. The maximum Gasteiger partial charge on any atom is 0.335 e. The summed E-state index contributed by atoms with van der Waals surface area (Å²) in [6, 6.07) is -15.6. The maximum absolute atomic E-state index is 14.9. The van der Waals surface area contributed by atoms with Crippen LogP contribution in [-0.2, 0) is 112 Å². The van der Waals surface area contributed by atoms with Crippen molar-refractivity contribution in [1.82, 2.24) is 73.7 Å². The molecule has 0 saturated carbocycles. The van der Waals surface area contributed by atoms with Gasteiger partial charge in [0.25, 0.3) is 0 Å². The van der Waals surface area contributed by atoms with Gasteiger partial charge in [-0.25, -0.2) is 9.59 Å². The van der Waals surface area contributed by atoms with E-state index in [2.05, 4.69) is 59.8 Å². The SMILES string of the molecule is CCCCCCCCCC(=O)NC(Cc1c[nH]c2ccccc12)C(=O)NC(CCC(=O)O)C(=O)NC(C(=O)NC1C(=O)N(C)CC(=O)NC(C)C(=O)NC(CC(=O)O)C(=O)NC(C)C(=O)NC(C(OC)C(=O)O)C(=O)NCC(=O)NC(CC(N)=O)C(=O)NC(C(C)CC(=O)O)C(=O)NC(C(C)CC)C(=O)OC1C)C(O)C(N)=O. The van der Waals surface area contributed by atoms with Crippen molar-refractivity contribution in [3.8, 4) is 0 Å². The van der Waals surface area contributed by atoms with Gasteiger partial charge in [-0.2, -0.15) is 0 Å². The number of carbonyl (C=O) groups is 20. The van der Waals surface area contributed by atoms with Crippen LogP contribution in [0.15, 0.2) is 30.5 Å². The number of hydrogen-bond acceptors (Lipinski definition) is 23. The molecule has 0 spiro atoms. The van der Waals surface area contributed by atoms with Gasteiger partial charge in [-0.15, -0.1) is 0 Å². The molecule has 1 aliphatic heterocycles. The molecular formula is C70H104N16O27. The van der Waals surface area contributed by atoms with Crippen LogP contribution in [-0.4, -0.2) is 266 Å². The second-order valence-corrected chi connectivity index (χ2v) is 27.3. The number of ether oxygens (including phenoxy) is 2. The van der Waals surface area contributed by atoms with Crippen molar-refractivity contribution < 1.29 is 131 Å². The summed E-state index contributed by atoms with van der Waals surface area (Å²) in [5.74, 6) is -31.0. The molecule has 626 valence electrons. The lowest BCUT2D eigenvalue weighted by Gasteiger charge is -2.33. The number of esters is 1. The Kier molecular flexibility index (Phi) is 39.4. The average molecular weight is 1600 g/mol. The Morgan fingerprint density at radius 3 is 1.80 bits per heavy atom. The maximum atomic E-state index is 14.9. The number of benzene rings is 1. The topological polar surface area (TPSA) is 676 Å². The molecule has 3 rings (SSSR count). The van der Waals surface area contributed by atoms with Crippen LogP contribution in [0.25, 0.3) is 10.9 Å². The highest BCUT2D eigenvalue weighted by Crippen LogP contribution is 2.21. The fourth-order valence-corrected chi connectivity index (χ4v) is 11.5. The van der Waals surface area contributed by atoms with Crippen LogP contribution in [0.3, 0.4) is 0 Å². The standard InChI is InChI=1S/C70H104N16O27/c1-10-12-13-14-15-16-17-22-45(88)77-41(26-37-29-73-39-21-19-18-20-38(37)39)63(103)79-40(23-24-48(91)92)61(101)84-54(56(97)58(72)98)67(107)83-53-36(7)113-70(111)52(32(3)11-2)82-66(106)51(33(4)25-49(93)94)81-64(104)42(27-44(71)87)78-46(89)30-74-65(105)55(57(112-9)69(109)110)85-60(100)35(6)76-62(102)43(28-50(95)96)80-59(99)34(5)75-47(90)31-86(8)68(53)108/h18-21,29,32-36,40-43,51-57,73,97H,10-17,22-28,30-31H2,1-9H3,(H2,71,87)(H2,72,98)(H,74,105)(H,75,90)(H,76,102)(H,77,88)(H,78,89)(H,79,103)(H,80,99)(H,81,104)(H,82,106)(H,83,107)(H,84,101)(H,85,100)(H,91,92)(H,93,94)(H,95,96)(H,109,110). The molecule has 43 heteroatoms. The third-order valence-electron chi connectivity index (χ3n) is 18.1. The van der Waals surface area contributed by atoms with Crippen molar-refractivity contribution in [3.05, 3.63) is 36.0 Å². The quantitative estimate of drug-likeness (QED) is 0.0229. The molecule has 0 radical (unpaired) electrons. The number of primary amides is 2. The molecule has 1 aromatic heterocycles. The van der Waals surface area contributed by atoms with E-state index >= 15 is 0 Å². The van der Waals surface area contributed by atoms with Crippen molar-refractivity contribution in [2.45, 2.75) is 230 Å². The van der Waals surface area contributed by atoms with Gasteiger partial charge in [0.05, 0.1) is 32.4 Å². The lowest BCUT2D eigenvalue weighted by molar-refractivity contribution is -0.159. The minimum absolute atomic E-state index is 0.0204. The first-order valence-electron chi connectivity index (χ1n) is 36.3. The number of nitrogens with one attached hydrogen (secondary N) is 13. The lowest BCUT2D eigenvalue weighted by Crippen LogP contribution is -2.64. The van der Waals surface area contributed by atoms with Crippen LogP contribution in [0.4, 0.5) is 0 Å². The van der Waals surface area contributed by atoms with Crippen molar-refractivity contribution in [2.24, 2.45) is 23.3 Å². The number of likely N-dealkylation sites (N-methyl/N-ethyl adjacent to an activating group) is 1. The number of aromatic nitrogens is 1. The van der Waals surface area contributed by atoms with Crippen LogP contribution in [0.1, 0.15) is 144 Å². The van der Waals surface area contributed by atoms with E-state index in [4.69, 9.17) is 20.9 Å². The lowest BCUT2D eigenvalue weighted by atomic mass is 9.94. The van der Waals surface area contributed by atoms with E-state index in [1.54, 1.807) is 30.5 Å². The van der Waals surface area contributed by atoms with E-state index < -0.39 is 260 Å². The van der Waals surface area contributed by atoms with Gasteiger partial charge in [0.1, 0.15) is 72.6 Å². The Labute approximate surface area is 647 Å². The van der Waals surface area contributed by atoms with Gasteiger partial charge in [0.15, 0.2) is 12.2 Å². The molecule has 2 heterocycles. The zero-order valence-electron chi connectivity index (χ0n) is 64.0. The van der Waals surface area contributed by atoms with E-state index in [0.717, 1.165) is 74.0 Å².